The van der Waals surface area contributed by atoms with E-state index in [9.17, 15) is 4.79 Å². The molecule has 0 atom stereocenters. The Kier molecular flexibility index (Phi) is 5.78. The minimum absolute atomic E-state index is 0.0148. The van der Waals surface area contributed by atoms with Crippen LogP contribution in [0.15, 0.2) is 36.9 Å². The highest BCUT2D eigenvalue weighted by Crippen LogP contribution is 2.09. The van der Waals surface area contributed by atoms with Gasteiger partial charge in [-0.2, -0.15) is 0 Å². The summed E-state index contributed by atoms with van der Waals surface area (Å²) in [5, 5.41) is 0. The number of benzene rings is 1. The van der Waals surface area contributed by atoms with E-state index in [-0.39, 0.29) is 11.8 Å². The second kappa shape index (κ2) is 7.13. The van der Waals surface area contributed by atoms with Crippen LogP contribution in [-0.4, -0.2) is 23.2 Å². The van der Waals surface area contributed by atoms with Gasteiger partial charge in [0.2, 0.25) is 5.91 Å². The summed E-state index contributed by atoms with van der Waals surface area (Å²) in [5.41, 5.74) is 2.41. The predicted molar refractivity (Wildman–Crippen MR) is 72.2 cm³/mol. The molecular formula is C14H18ClNO. The van der Waals surface area contributed by atoms with Crippen LogP contribution in [0.1, 0.15) is 18.1 Å². The summed E-state index contributed by atoms with van der Waals surface area (Å²) in [6.07, 6.45) is 2.74. The molecule has 0 radical (unpaired) electrons. The number of carbonyl (C=O) groups excluding carboxylic acids is 1. The summed E-state index contributed by atoms with van der Waals surface area (Å²) >= 11 is 5.57. The zero-order valence-corrected chi connectivity index (χ0v) is 10.9. The summed E-state index contributed by atoms with van der Waals surface area (Å²) in [6.45, 7) is 6.88. The van der Waals surface area contributed by atoms with Gasteiger partial charge in [0, 0.05) is 13.1 Å². The fourth-order valence-electron chi connectivity index (χ4n) is 1.60. The van der Waals surface area contributed by atoms with Gasteiger partial charge in [-0.05, 0) is 17.5 Å². The van der Waals surface area contributed by atoms with Gasteiger partial charge in [-0.1, -0.05) is 37.3 Å². The summed E-state index contributed by atoms with van der Waals surface area (Å²) in [6, 6.07) is 8.28. The third-order valence-electron chi connectivity index (χ3n) is 2.62. The van der Waals surface area contributed by atoms with E-state index < -0.39 is 0 Å². The van der Waals surface area contributed by atoms with Gasteiger partial charge in [0.25, 0.3) is 0 Å². The summed E-state index contributed by atoms with van der Waals surface area (Å²) < 4.78 is 0. The molecule has 0 aromatic heterocycles. The standard InChI is InChI=1S/C14H18ClNO/c1-3-9-16(14(17)10-15)11-13-7-5-12(4-2)6-8-13/h3,5-8H,1,4,9-11H2,2H3. The van der Waals surface area contributed by atoms with Crippen LogP contribution < -0.4 is 0 Å². The highest BCUT2D eigenvalue weighted by molar-refractivity contribution is 6.27. The molecule has 0 unspecified atom stereocenters. The number of amides is 1. The van der Waals surface area contributed by atoms with Gasteiger partial charge in [-0.15, -0.1) is 18.2 Å². The van der Waals surface area contributed by atoms with Crippen LogP contribution in [0.2, 0.25) is 0 Å². The summed E-state index contributed by atoms with van der Waals surface area (Å²) in [7, 11) is 0. The number of nitrogens with zero attached hydrogens (tertiary/aromatic N) is 1. The minimum Gasteiger partial charge on any atom is -0.334 e. The van der Waals surface area contributed by atoms with Crippen LogP contribution in [0.4, 0.5) is 0 Å². The first-order valence-electron chi connectivity index (χ1n) is 5.73. The van der Waals surface area contributed by atoms with E-state index in [1.807, 2.05) is 0 Å². The second-order valence-corrected chi connectivity index (χ2v) is 4.13. The number of carbonyl (C=O) groups is 1. The number of alkyl halides is 1. The first kappa shape index (κ1) is 13.8. The molecule has 0 saturated heterocycles. The Morgan fingerprint density at radius 2 is 1.94 bits per heavy atom. The third-order valence-corrected chi connectivity index (χ3v) is 2.85. The average Bonchev–Trinajstić information content (AvgIpc) is 2.38. The lowest BCUT2D eigenvalue weighted by molar-refractivity contribution is -0.128. The molecular weight excluding hydrogens is 234 g/mol. The number of hydrogen-bond acceptors (Lipinski definition) is 1. The van der Waals surface area contributed by atoms with E-state index in [1.165, 1.54) is 5.56 Å². The molecule has 0 aliphatic carbocycles. The van der Waals surface area contributed by atoms with Crippen molar-refractivity contribution in [3.63, 3.8) is 0 Å². The average molecular weight is 252 g/mol. The summed E-state index contributed by atoms with van der Waals surface area (Å²) in [5.74, 6) is -0.0490. The fourth-order valence-corrected chi connectivity index (χ4v) is 1.76. The Morgan fingerprint density at radius 1 is 1.35 bits per heavy atom. The van der Waals surface area contributed by atoms with Crippen LogP contribution in [0.5, 0.6) is 0 Å². The molecule has 1 aromatic rings. The lowest BCUT2D eigenvalue weighted by atomic mass is 10.1. The number of aryl methyl sites for hydroxylation is 1. The van der Waals surface area contributed by atoms with Crippen LogP contribution in [-0.2, 0) is 17.8 Å². The van der Waals surface area contributed by atoms with Crippen molar-refractivity contribution in [3.05, 3.63) is 48.0 Å². The van der Waals surface area contributed by atoms with Gasteiger partial charge in [-0.3, -0.25) is 4.79 Å². The Labute approximate surface area is 108 Å². The third kappa shape index (κ3) is 4.23. The molecule has 0 spiro atoms. The highest BCUT2D eigenvalue weighted by Gasteiger charge is 2.10. The Hall–Kier alpha value is -1.28. The Bertz CT molecular complexity index is 372. The zero-order chi connectivity index (χ0) is 12.7. The Morgan fingerprint density at radius 3 is 2.41 bits per heavy atom. The minimum atomic E-state index is -0.0638. The quantitative estimate of drug-likeness (QED) is 0.562. The SMILES string of the molecule is C=CCN(Cc1ccc(CC)cc1)C(=O)CCl. The maximum absolute atomic E-state index is 11.6. The van der Waals surface area contributed by atoms with E-state index >= 15 is 0 Å². The van der Waals surface area contributed by atoms with Crippen molar-refractivity contribution in [2.45, 2.75) is 19.9 Å². The van der Waals surface area contributed by atoms with Crippen molar-refractivity contribution < 1.29 is 4.79 Å². The molecule has 2 nitrogen and oxygen atoms in total. The molecule has 0 aliphatic rings. The maximum atomic E-state index is 11.6. The predicted octanol–water partition coefficient (Wildman–Crippen LogP) is 3.00. The highest BCUT2D eigenvalue weighted by atomic mass is 35.5. The number of halogens is 1. The molecule has 1 amide bonds. The van der Waals surface area contributed by atoms with Gasteiger partial charge >= 0.3 is 0 Å². The van der Waals surface area contributed by atoms with Gasteiger partial charge < -0.3 is 4.90 Å². The van der Waals surface area contributed by atoms with Crippen molar-refractivity contribution in [1.29, 1.82) is 0 Å². The van der Waals surface area contributed by atoms with Gasteiger partial charge in [0.05, 0.1) is 0 Å². The van der Waals surface area contributed by atoms with Gasteiger partial charge in [0.1, 0.15) is 5.88 Å². The zero-order valence-electron chi connectivity index (χ0n) is 10.2. The lowest BCUT2D eigenvalue weighted by Gasteiger charge is -2.20. The van der Waals surface area contributed by atoms with Gasteiger partial charge in [-0.25, -0.2) is 0 Å². The lowest BCUT2D eigenvalue weighted by Crippen LogP contribution is -2.31. The molecule has 0 fully saturated rings. The molecule has 0 aliphatic heterocycles. The van der Waals surface area contributed by atoms with E-state index in [1.54, 1.807) is 11.0 Å². The Balaban J connectivity index is 2.71. The van der Waals surface area contributed by atoms with E-state index in [2.05, 4.69) is 37.8 Å². The molecule has 3 heteroatoms. The molecule has 0 heterocycles. The molecule has 0 saturated carbocycles. The number of hydrogen-bond donors (Lipinski definition) is 0. The molecule has 17 heavy (non-hydrogen) atoms. The van der Waals surface area contributed by atoms with Gasteiger partial charge in [0.15, 0.2) is 0 Å². The molecule has 1 rings (SSSR count). The summed E-state index contributed by atoms with van der Waals surface area (Å²) in [4.78, 5) is 13.3. The van der Waals surface area contributed by atoms with Crippen molar-refractivity contribution >= 4 is 17.5 Å². The molecule has 0 bridgehead atoms. The fraction of sp³-hybridized carbons (Fsp3) is 0.357. The molecule has 1 aromatic carbocycles. The monoisotopic (exact) mass is 251 g/mol. The molecule has 92 valence electrons. The van der Waals surface area contributed by atoms with Crippen LogP contribution in [0.25, 0.3) is 0 Å². The largest absolute Gasteiger partial charge is 0.334 e. The topological polar surface area (TPSA) is 20.3 Å². The van der Waals surface area contributed by atoms with Crippen molar-refractivity contribution in [1.82, 2.24) is 4.90 Å². The normalized spacial score (nSPS) is 10.0. The van der Waals surface area contributed by atoms with Crippen molar-refractivity contribution in [3.8, 4) is 0 Å². The first-order valence-corrected chi connectivity index (χ1v) is 6.27. The van der Waals surface area contributed by atoms with Crippen molar-refractivity contribution in [2.24, 2.45) is 0 Å². The van der Waals surface area contributed by atoms with E-state index in [0.29, 0.717) is 13.1 Å². The van der Waals surface area contributed by atoms with Crippen molar-refractivity contribution in [2.75, 3.05) is 12.4 Å². The van der Waals surface area contributed by atoms with Crippen LogP contribution in [0, 0.1) is 0 Å². The van der Waals surface area contributed by atoms with Crippen LogP contribution >= 0.6 is 11.6 Å². The van der Waals surface area contributed by atoms with Crippen LogP contribution in [0.3, 0.4) is 0 Å². The maximum Gasteiger partial charge on any atom is 0.238 e. The first-order chi connectivity index (χ1) is 8.21. The molecule has 0 N–H and O–H groups in total. The van der Waals surface area contributed by atoms with E-state index in [0.717, 1.165) is 12.0 Å². The number of rotatable bonds is 6. The second-order valence-electron chi connectivity index (χ2n) is 3.87. The van der Waals surface area contributed by atoms with E-state index in [4.69, 9.17) is 11.6 Å². The smallest absolute Gasteiger partial charge is 0.238 e.